The molecule has 0 aromatic heterocycles. The number of hydrogen-bond donors (Lipinski definition) is 1. The van der Waals surface area contributed by atoms with Gasteiger partial charge in [-0.15, -0.1) is 0 Å². The minimum absolute atomic E-state index is 0.0340. The summed E-state index contributed by atoms with van der Waals surface area (Å²) in [4.78, 5) is 42.3. The minimum Gasteiger partial charge on any atom is -0.449 e. The van der Waals surface area contributed by atoms with E-state index in [2.05, 4.69) is 5.32 Å². The fourth-order valence-corrected chi connectivity index (χ4v) is 6.37. The van der Waals surface area contributed by atoms with E-state index < -0.39 is 29.4 Å². The zero-order chi connectivity index (χ0) is 26.5. The second-order valence-corrected chi connectivity index (χ2v) is 10.4. The van der Waals surface area contributed by atoms with Gasteiger partial charge in [-0.2, -0.15) is 0 Å². The predicted octanol–water partition coefficient (Wildman–Crippen LogP) is 6.40. The number of anilines is 1. The fraction of sp³-hybridized carbons (Fsp3) is 0.276. The summed E-state index contributed by atoms with van der Waals surface area (Å²) in [6.07, 6.45) is -0.749. The summed E-state index contributed by atoms with van der Waals surface area (Å²) < 4.78 is 5.31. The Balaban J connectivity index is 1.88. The Labute approximate surface area is 225 Å². The summed E-state index contributed by atoms with van der Waals surface area (Å²) >= 11 is 12.8. The molecule has 0 radical (unpaired) electrons. The SMILES string of the molecule is CCOC(=O)N1C(=O)C2(c3ccc(Cl)cc31)C(c1cccc(Cl)c1)CC(=O)NC2c1c(C)cccc1C. The summed E-state index contributed by atoms with van der Waals surface area (Å²) in [5.74, 6) is -1.28. The lowest BCUT2D eigenvalue weighted by Gasteiger charge is -2.47. The highest BCUT2D eigenvalue weighted by atomic mass is 35.5. The highest BCUT2D eigenvalue weighted by Crippen LogP contribution is 2.60. The van der Waals surface area contributed by atoms with E-state index in [-0.39, 0.29) is 18.9 Å². The van der Waals surface area contributed by atoms with Gasteiger partial charge in [0.15, 0.2) is 0 Å². The number of carbonyl (C=O) groups excluding carboxylic acids is 3. The lowest BCUT2D eigenvalue weighted by Crippen LogP contribution is -2.59. The van der Waals surface area contributed by atoms with Crippen molar-refractivity contribution in [2.24, 2.45) is 0 Å². The molecule has 1 fully saturated rings. The van der Waals surface area contributed by atoms with Crippen molar-refractivity contribution in [1.82, 2.24) is 5.32 Å². The van der Waals surface area contributed by atoms with Crippen molar-refractivity contribution in [1.29, 1.82) is 0 Å². The van der Waals surface area contributed by atoms with Crippen molar-refractivity contribution < 1.29 is 19.1 Å². The van der Waals surface area contributed by atoms with E-state index in [9.17, 15) is 14.4 Å². The second kappa shape index (κ2) is 9.51. The third kappa shape index (κ3) is 3.90. The molecule has 1 N–H and O–H groups in total. The molecule has 0 bridgehead atoms. The van der Waals surface area contributed by atoms with E-state index in [0.717, 1.165) is 27.2 Å². The van der Waals surface area contributed by atoms with Crippen LogP contribution in [0.1, 0.15) is 53.1 Å². The largest absolute Gasteiger partial charge is 0.449 e. The van der Waals surface area contributed by atoms with Crippen molar-refractivity contribution in [2.75, 3.05) is 11.5 Å². The number of carbonyl (C=O) groups is 3. The highest BCUT2D eigenvalue weighted by Gasteiger charge is 2.65. The van der Waals surface area contributed by atoms with Crippen LogP contribution in [0, 0.1) is 13.8 Å². The lowest BCUT2D eigenvalue weighted by molar-refractivity contribution is -0.132. The molecular formula is C29H26Cl2N2O4. The molecule has 1 saturated heterocycles. The van der Waals surface area contributed by atoms with Gasteiger partial charge in [0.25, 0.3) is 0 Å². The van der Waals surface area contributed by atoms with Crippen molar-refractivity contribution in [3.63, 3.8) is 0 Å². The maximum Gasteiger partial charge on any atom is 0.421 e. The first kappa shape index (κ1) is 25.3. The number of benzene rings is 3. The summed E-state index contributed by atoms with van der Waals surface area (Å²) in [6.45, 7) is 5.69. The Kier molecular flexibility index (Phi) is 6.50. The maximum atomic E-state index is 14.7. The molecule has 2 aliphatic rings. The van der Waals surface area contributed by atoms with Crippen molar-refractivity contribution in [3.05, 3.63) is 98.5 Å². The Hall–Kier alpha value is -3.35. The molecular weight excluding hydrogens is 511 g/mol. The van der Waals surface area contributed by atoms with Crippen LogP contribution in [0.2, 0.25) is 10.0 Å². The number of piperidine rings is 1. The zero-order valence-corrected chi connectivity index (χ0v) is 22.2. The number of halogens is 2. The third-order valence-electron chi connectivity index (χ3n) is 7.44. The average Bonchev–Trinajstić information content (AvgIpc) is 3.09. The summed E-state index contributed by atoms with van der Waals surface area (Å²) in [5.41, 5.74) is 3.02. The Morgan fingerprint density at radius 3 is 2.38 bits per heavy atom. The van der Waals surface area contributed by atoms with E-state index in [1.165, 1.54) is 0 Å². The zero-order valence-electron chi connectivity index (χ0n) is 20.7. The maximum absolute atomic E-state index is 14.7. The molecule has 3 aromatic rings. The van der Waals surface area contributed by atoms with Crippen LogP contribution in [0.25, 0.3) is 0 Å². The molecule has 5 rings (SSSR count). The molecule has 0 aliphatic carbocycles. The van der Waals surface area contributed by atoms with Gasteiger partial charge in [-0.3, -0.25) is 9.59 Å². The molecule has 190 valence electrons. The number of nitrogens with one attached hydrogen (secondary N) is 1. The van der Waals surface area contributed by atoms with Gasteiger partial charge in [-0.25, -0.2) is 9.69 Å². The highest BCUT2D eigenvalue weighted by molar-refractivity contribution is 6.32. The van der Waals surface area contributed by atoms with Crippen LogP contribution in [0.3, 0.4) is 0 Å². The molecule has 0 saturated carbocycles. The van der Waals surface area contributed by atoms with Gasteiger partial charge < -0.3 is 10.1 Å². The van der Waals surface area contributed by atoms with Gasteiger partial charge in [-0.05, 0) is 72.9 Å². The molecule has 37 heavy (non-hydrogen) atoms. The quantitative estimate of drug-likeness (QED) is 0.420. The molecule has 3 unspecified atom stereocenters. The topological polar surface area (TPSA) is 75.7 Å². The number of fused-ring (bicyclic) bond motifs is 2. The van der Waals surface area contributed by atoms with Gasteiger partial charge in [0.2, 0.25) is 11.8 Å². The monoisotopic (exact) mass is 536 g/mol. The third-order valence-corrected chi connectivity index (χ3v) is 7.91. The van der Waals surface area contributed by atoms with Crippen molar-refractivity contribution in [3.8, 4) is 0 Å². The van der Waals surface area contributed by atoms with E-state index in [4.69, 9.17) is 27.9 Å². The summed E-state index contributed by atoms with van der Waals surface area (Å²) in [7, 11) is 0. The molecule has 8 heteroatoms. The first-order valence-corrected chi connectivity index (χ1v) is 12.9. The number of ether oxygens (including phenoxy) is 1. The van der Waals surface area contributed by atoms with Gasteiger partial charge in [0, 0.05) is 22.4 Å². The number of amides is 3. The number of rotatable bonds is 3. The van der Waals surface area contributed by atoms with Gasteiger partial charge in [0.05, 0.1) is 18.3 Å². The molecule has 2 heterocycles. The number of aryl methyl sites for hydroxylation is 2. The van der Waals surface area contributed by atoms with E-state index in [1.807, 2.05) is 38.1 Å². The minimum atomic E-state index is -1.36. The van der Waals surface area contributed by atoms with Crippen LogP contribution < -0.4 is 10.2 Å². The van der Waals surface area contributed by atoms with Crippen LogP contribution in [0.4, 0.5) is 10.5 Å². The van der Waals surface area contributed by atoms with Crippen LogP contribution in [-0.4, -0.2) is 24.5 Å². The number of hydrogen-bond acceptors (Lipinski definition) is 4. The smallest absolute Gasteiger partial charge is 0.421 e. The Morgan fingerprint density at radius 1 is 1.03 bits per heavy atom. The molecule has 2 aliphatic heterocycles. The molecule has 3 amide bonds. The van der Waals surface area contributed by atoms with Gasteiger partial charge in [-0.1, -0.05) is 59.6 Å². The van der Waals surface area contributed by atoms with E-state index in [0.29, 0.717) is 21.3 Å². The normalized spacial score (nSPS) is 22.7. The van der Waals surface area contributed by atoms with Crippen LogP contribution in [0.5, 0.6) is 0 Å². The summed E-state index contributed by atoms with van der Waals surface area (Å²) in [6, 6.07) is 17.4. The predicted molar refractivity (Wildman–Crippen MR) is 143 cm³/mol. The van der Waals surface area contributed by atoms with Gasteiger partial charge in [0.1, 0.15) is 5.41 Å². The van der Waals surface area contributed by atoms with Crippen molar-refractivity contribution >= 4 is 46.8 Å². The molecule has 3 atom stereocenters. The molecule has 6 nitrogen and oxygen atoms in total. The average molecular weight is 537 g/mol. The van der Waals surface area contributed by atoms with E-state index in [1.54, 1.807) is 43.3 Å². The summed E-state index contributed by atoms with van der Waals surface area (Å²) in [5, 5.41) is 4.00. The van der Waals surface area contributed by atoms with Crippen LogP contribution in [0.15, 0.2) is 60.7 Å². The lowest BCUT2D eigenvalue weighted by atomic mass is 9.58. The first-order valence-electron chi connectivity index (χ1n) is 12.1. The molecule has 1 spiro atoms. The standard InChI is InChI=1S/C29H26Cl2N2O4/c1-4-37-28(36)33-23-14-20(31)11-12-21(23)29(27(33)35)22(18-9-6-10-19(30)13-18)15-24(34)32-26(29)25-16(2)7-5-8-17(25)3/h5-14,22,26H,4,15H2,1-3H3,(H,32,34). The number of imide groups is 1. The fourth-order valence-electron chi connectivity index (χ4n) is 6.00. The van der Waals surface area contributed by atoms with Crippen LogP contribution >= 0.6 is 23.2 Å². The van der Waals surface area contributed by atoms with E-state index >= 15 is 0 Å². The van der Waals surface area contributed by atoms with Gasteiger partial charge >= 0.3 is 6.09 Å². The molecule has 3 aromatic carbocycles. The van der Waals surface area contributed by atoms with Crippen molar-refractivity contribution in [2.45, 2.75) is 44.6 Å². The first-order chi connectivity index (χ1) is 17.7. The number of nitrogens with zero attached hydrogens (tertiary/aromatic N) is 1. The second-order valence-electron chi connectivity index (χ2n) is 9.49. The Bertz CT molecular complexity index is 1420. The van der Waals surface area contributed by atoms with Crippen LogP contribution in [-0.2, 0) is 19.7 Å². The Morgan fingerprint density at radius 2 is 1.70 bits per heavy atom.